The van der Waals surface area contributed by atoms with Gasteiger partial charge in [-0.05, 0) is 32.9 Å². The maximum Gasteiger partial charge on any atom is 0.410 e. The Hall–Kier alpha value is -2.04. The van der Waals surface area contributed by atoms with Crippen molar-refractivity contribution in [3.63, 3.8) is 0 Å². The van der Waals surface area contributed by atoms with Gasteiger partial charge in [0.1, 0.15) is 11.4 Å². The van der Waals surface area contributed by atoms with E-state index in [2.05, 4.69) is 0 Å². The average molecular weight is 303 g/mol. The molecule has 1 saturated heterocycles. The van der Waals surface area contributed by atoms with Crippen molar-refractivity contribution in [2.45, 2.75) is 44.8 Å². The Labute approximate surface area is 130 Å². The van der Waals surface area contributed by atoms with Crippen LogP contribution in [0.4, 0.5) is 4.79 Å². The van der Waals surface area contributed by atoms with Gasteiger partial charge in [-0.1, -0.05) is 12.1 Å². The van der Waals surface area contributed by atoms with Crippen LogP contribution in [0.5, 0.6) is 5.75 Å². The molecule has 118 valence electrons. The Morgan fingerprint density at radius 2 is 1.86 bits per heavy atom. The van der Waals surface area contributed by atoms with E-state index in [1.807, 2.05) is 39.0 Å². The smallest absolute Gasteiger partial charge is 0.410 e. The Bertz CT molecular complexity index is 609. The van der Waals surface area contributed by atoms with Gasteiger partial charge in [0, 0.05) is 25.9 Å². The largest absolute Gasteiger partial charge is 0.478 e. The normalized spacial score (nSPS) is 19.8. The molecule has 2 aliphatic heterocycles. The third-order valence-electron chi connectivity index (χ3n) is 4.07. The van der Waals surface area contributed by atoms with E-state index in [4.69, 9.17) is 9.47 Å². The minimum absolute atomic E-state index is 0.0342. The fourth-order valence-electron chi connectivity index (χ4n) is 2.95. The van der Waals surface area contributed by atoms with Gasteiger partial charge in [-0.3, -0.25) is 4.79 Å². The molecule has 5 nitrogen and oxygen atoms in total. The van der Waals surface area contributed by atoms with Gasteiger partial charge < -0.3 is 14.4 Å². The Kier molecular flexibility index (Phi) is 3.38. The number of amides is 1. The van der Waals surface area contributed by atoms with Gasteiger partial charge >= 0.3 is 6.09 Å². The highest BCUT2D eigenvalue weighted by atomic mass is 16.6. The number of Topliss-reactive ketones (excluding diaryl/α,β-unsaturated/α-hetero) is 1. The van der Waals surface area contributed by atoms with Gasteiger partial charge in [-0.15, -0.1) is 0 Å². The van der Waals surface area contributed by atoms with Crippen LogP contribution >= 0.6 is 0 Å². The second kappa shape index (κ2) is 5.00. The maximum absolute atomic E-state index is 12.6. The molecule has 0 bridgehead atoms. The van der Waals surface area contributed by atoms with Crippen molar-refractivity contribution in [2.75, 3.05) is 13.1 Å². The number of carbonyl (C=O) groups is 2. The number of fused-ring (bicyclic) bond motifs is 1. The fourth-order valence-corrected chi connectivity index (χ4v) is 2.95. The molecular formula is C17H21NO4. The molecule has 5 heteroatoms. The molecule has 0 atom stereocenters. The van der Waals surface area contributed by atoms with E-state index < -0.39 is 11.2 Å². The van der Waals surface area contributed by atoms with E-state index in [-0.39, 0.29) is 11.9 Å². The van der Waals surface area contributed by atoms with Crippen LogP contribution in [-0.2, 0) is 4.74 Å². The van der Waals surface area contributed by atoms with E-state index in [0.717, 1.165) is 0 Å². The van der Waals surface area contributed by atoms with Crippen molar-refractivity contribution < 1.29 is 19.1 Å². The summed E-state index contributed by atoms with van der Waals surface area (Å²) in [7, 11) is 0. The molecule has 0 saturated carbocycles. The first kappa shape index (κ1) is 14.9. The quantitative estimate of drug-likeness (QED) is 0.739. The number of nitrogens with zero attached hydrogens (tertiary/aromatic N) is 1. The summed E-state index contributed by atoms with van der Waals surface area (Å²) in [6.45, 7) is 6.47. The minimum Gasteiger partial charge on any atom is -0.478 e. The lowest BCUT2D eigenvalue weighted by Crippen LogP contribution is -2.52. The Morgan fingerprint density at radius 1 is 1.23 bits per heavy atom. The van der Waals surface area contributed by atoms with E-state index >= 15 is 0 Å². The second-order valence-electron chi connectivity index (χ2n) is 6.89. The summed E-state index contributed by atoms with van der Waals surface area (Å²) in [5.41, 5.74) is -0.669. The summed E-state index contributed by atoms with van der Waals surface area (Å²) in [6, 6.07) is 7.32. The third-order valence-corrected chi connectivity index (χ3v) is 4.07. The Morgan fingerprint density at radius 3 is 2.45 bits per heavy atom. The number of carbonyl (C=O) groups excluding carboxylic acids is 2. The van der Waals surface area contributed by atoms with E-state index in [9.17, 15) is 9.59 Å². The number of rotatable bonds is 0. The summed E-state index contributed by atoms with van der Waals surface area (Å²) < 4.78 is 11.3. The second-order valence-corrected chi connectivity index (χ2v) is 6.89. The maximum atomic E-state index is 12.6. The van der Waals surface area contributed by atoms with Crippen LogP contribution in [0.3, 0.4) is 0 Å². The monoisotopic (exact) mass is 303 g/mol. The van der Waals surface area contributed by atoms with E-state index in [0.29, 0.717) is 37.2 Å². The highest BCUT2D eigenvalue weighted by molar-refractivity contribution is 6.07. The van der Waals surface area contributed by atoms with Gasteiger partial charge in [0.05, 0.1) is 5.56 Å². The van der Waals surface area contributed by atoms with Gasteiger partial charge in [0.25, 0.3) is 0 Å². The van der Waals surface area contributed by atoms with Crippen LogP contribution in [0.2, 0.25) is 0 Å². The van der Waals surface area contributed by atoms with E-state index in [1.165, 1.54) is 0 Å². The van der Waals surface area contributed by atoms with Gasteiger partial charge in [0.15, 0.2) is 5.60 Å². The van der Waals surface area contributed by atoms with Gasteiger partial charge in [-0.25, -0.2) is 4.79 Å². The standard InChI is InChI=1S/C17H21NO4/c1-16(2,3)22-15(20)18-10-8-17(9-11-18)14(19)12-6-4-5-7-13(12)21-17/h4-7H,8-11H2,1-3H3. The highest BCUT2D eigenvalue weighted by Crippen LogP contribution is 2.40. The zero-order valence-corrected chi connectivity index (χ0v) is 13.2. The van der Waals surface area contributed by atoms with Gasteiger partial charge in [-0.2, -0.15) is 0 Å². The molecule has 1 spiro atoms. The van der Waals surface area contributed by atoms with Crippen LogP contribution in [-0.4, -0.2) is 41.1 Å². The van der Waals surface area contributed by atoms with Crippen molar-refractivity contribution in [3.8, 4) is 5.75 Å². The molecule has 0 radical (unpaired) electrons. The number of para-hydroxylation sites is 1. The van der Waals surface area contributed by atoms with Crippen LogP contribution in [0.15, 0.2) is 24.3 Å². The molecule has 1 amide bonds. The topological polar surface area (TPSA) is 55.8 Å². The lowest BCUT2D eigenvalue weighted by molar-refractivity contribution is -0.00474. The lowest BCUT2D eigenvalue weighted by atomic mass is 9.86. The number of ether oxygens (including phenoxy) is 2. The summed E-state index contributed by atoms with van der Waals surface area (Å²) in [6.07, 6.45) is 0.671. The molecular weight excluding hydrogens is 282 g/mol. The molecule has 3 rings (SSSR count). The summed E-state index contributed by atoms with van der Waals surface area (Å²) >= 11 is 0. The molecule has 22 heavy (non-hydrogen) atoms. The third kappa shape index (κ3) is 2.56. The van der Waals surface area contributed by atoms with Crippen molar-refractivity contribution in [3.05, 3.63) is 29.8 Å². The lowest BCUT2D eigenvalue weighted by Gasteiger charge is -2.37. The number of benzene rings is 1. The Balaban J connectivity index is 1.68. The molecule has 0 unspecified atom stereocenters. The van der Waals surface area contributed by atoms with Crippen LogP contribution < -0.4 is 4.74 Å². The van der Waals surface area contributed by atoms with Crippen LogP contribution in [0.1, 0.15) is 44.0 Å². The molecule has 1 aromatic rings. The van der Waals surface area contributed by atoms with Crippen molar-refractivity contribution >= 4 is 11.9 Å². The van der Waals surface area contributed by atoms with Crippen LogP contribution in [0, 0.1) is 0 Å². The SMILES string of the molecule is CC(C)(C)OC(=O)N1CCC2(CC1)Oc1ccccc1C2=O. The number of piperidine rings is 1. The first-order valence-corrected chi connectivity index (χ1v) is 7.62. The first-order valence-electron chi connectivity index (χ1n) is 7.62. The first-order chi connectivity index (χ1) is 10.3. The molecule has 2 heterocycles. The molecule has 1 fully saturated rings. The van der Waals surface area contributed by atoms with Crippen molar-refractivity contribution in [1.29, 1.82) is 0 Å². The van der Waals surface area contributed by atoms with Crippen molar-refractivity contribution in [2.24, 2.45) is 0 Å². The summed E-state index contributed by atoms with van der Waals surface area (Å²) in [4.78, 5) is 26.4. The molecule has 0 aromatic heterocycles. The summed E-state index contributed by atoms with van der Waals surface area (Å²) in [5.74, 6) is 0.685. The number of likely N-dealkylation sites (tertiary alicyclic amines) is 1. The average Bonchev–Trinajstić information content (AvgIpc) is 2.71. The predicted octanol–water partition coefficient (Wildman–Crippen LogP) is 3.03. The zero-order chi connectivity index (χ0) is 16.0. The molecule has 1 aromatic carbocycles. The molecule has 0 N–H and O–H groups in total. The number of ketones is 1. The van der Waals surface area contributed by atoms with Gasteiger partial charge in [0.2, 0.25) is 5.78 Å². The van der Waals surface area contributed by atoms with Crippen LogP contribution in [0.25, 0.3) is 0 Å². The predicted molar refractivity (Wildman–Crippen MR) is 81.2 cm³/mol. The highest BCUT2D eigenvalue weighted by Gasteiger charge is 2.50. The fraction of sp³-hybridized carbons (Fsp3) is 0.529. The molecule has 2 aliphatic rings. The van der Waals surface area contributed by atoms with E-state index in [1.54, 1.807) is 11.0 Å². The number of hydrogen-bond acceptors (Lipinski definition) is 4. The minimum atomic E-state index is -0.803. The summed E-state index contributed by atoms with van der Waals surface area (Å²) in [5, 5.41) is 0. The molecule has 0 aliphatic carbocycles. The van der Waals surface area contributed by atoms with Crippen molar-refractivity contribution in [1.82, 2.24) is 4.90 Å². The zero-order valence-electron chi connectivity index (χ0n) is 13.2. The number of hydrogen-bond donors (Lipinski definition) is 0.